The molecule has 0 spiro atoms. The molecular weight excluding hydrogens is 422 g/mol. The minimum absolute atomic E-state index is 0.0420. The molecule has 1 aromatic heterocycles. The number of nitrogens with zero attached hydrogens (tertiary/aromatic N) is 2. The first kappa shape index (κ1) is 20.6. The average molecular weight is 450 g/mol. The number of rotatable bonds is 4. The summed E-state index contributed by atoms with van der Waals surface area (Å²) in [4.78, 5) is 12.2. The number of carbonyl (C=O) groups is 1. The van der Waals surface area contributed by atoms with Crippen molar-refractivity contribution in [1.82, 2.24) is 9.29 Å². The minimum atomic E-state index is -3.50. The van der Waals surface area contributed by atoms with Gasteiger partial charge in [0.1, 0.15) is 11.2 Å². The average Bonchev–Trinajstić information content (AvgIpc) is 3.03. The smallest absolute Gasteiger partial charge is 0.352 e. The fourth-order valence-electron chi connectivity index (χ4n) is 5.17. The summed E-state index contributed by atoms with van der Waals surface area (Å²) in [5, 5.41) is 14.6. The number of carboxylic acids is 1. The van der Waals surface area contributed by atoms with Crippen LogP contribution < -0.4 is 4.72 Å². The molecule has 31 heavy (non-hydrogen) atoms. The number of hydrogen-bond donors (Lipinski definition) is 4. The topological polar surface area (TPSA) is 126 Å². The normalized spacial score (nSPS) is 32.1. The van der Waals surface area contributed by atoms with Gasteiger partial charge in [-0.25, -0.2) is 4.79 Å². The van der Waals surface area contributed by atoms with Crippen LogP contribution in [0.15, 0.2) is 29.4 Å². The van der Waals surface area contributed by atoms with Crippen LogP contribution in [0, 0.1) is 5.92 Å². The Morgan fingerprint density at radius 3 is 2.61 bits per heavy atom. The third-order valence-electron chi connectivity index (χ3n) is 6.76. The predicted molar refractivity (Wildman–Crippen MR) is 117 cm³/mol. The first-order valence-corrected chi connectivity index (χ1v) is 11.9. The summed E-state index contributed by atoms with van der Waals surface area (Å²) in [6, 6.07) is 7.78. The van der Waals surface area contributed by atoms with Crippen LogP contribution in [0.1, 0.15) is 62.0 Å². The van der Waals surface area contributed by atoms with E-state index >= 15 is 0 Å². The quantitative estimate of drug-likeness (QED) is 0.549. The van der Waals surface area contributed by atoms with Gasteiger partial charge in [-0.2, -0.15) is 0 Å². The number of aromatic nitrogens is 1. The molecule has 2 fully saturated rings. The zero-order valence-electron chi connectivity index (χ0n) is 17.7. The zero-order chi connectivity index (χ0) is 22.2. The summed E-state index contributed by atoms with van der Waals surface area (Å²) in [5.41, 5.74) is 1.07. The van der Waals surface area contributed by atoms with Crippen LogP contribution in [-0.4, -0.2) is 42.8 Å². The van der Waals surface area contributed by atoms with Crippen LogP contribution in [-0.2, 0) is 14.6 Å². The Balaban J connectivity index is 1.60. The molecule has 0 unspecified atom stereocenters. The van der Waals surface area contributed by atoms with E-state index in [1.807, 2.05) is 13.0 Å². The van der Waals surface area contributed by atoms with Crippen LogP contribution in [0.3, 0.4) is 0 Å². The standard InChI is InChI=1S/C21H27N3O6S/c1-12-10-21(12,19-22-30-31(27,28)23-19)24-16-5-4-13(8-15(16)9-17(24)18(25)26)14-6-7-29-20(2,3)11-14/h4-5,8-9,12,14,27-28H,6-7,10-11H2,1-3H3,(H,22,23)(H,25,26)/t12-,14-,21-/m0/s1. The maximum absolute atomic E-state index is 12.2. The Hall–Kier alpha value is -2.27. The Labute approximate surface area is 181 Å². The summed E-state index contributed by atoms with van der Waals surface area (Å²) in [6.07, 6.45) is 2.44. The number of nitrogens with one attached hydrogen (secondary N) is 1. The van der Waals surface area contributed by atoms with E-state index in [1.165, 1.54) is 5.56 Å². The molecule has 9 nitrogen and oxygen atoms in total. The van der Waals surface area contributed by atoms with Gasteiger partial charge in [0.15, 0.2) is 5.84 Å². The molecule has 3 aliphatic rings. The highest BCUT2D eigenvalue weighted by molar-refractivity contribution is 8.19. The molecule has 1 saturated heterocycles. The lowest BCUT2D eigenvalue weighted by Crippen LogP contribution is -2.39. The van der Waals surface area contributed by atoms with Gasteiger partial charge in [0.25, 0.3) is 11.1 Å². The van der Waals surface area contributed by atoms with Gasteiger partial charge >= 0.3 is 5.97 Å². The van der Waals surface area contributed by atoms with Crippen molar-refractivity contribution in [1.29, 1.82) is 0 Å². The number of ether oxygens (including phenoxy) is 1. The largest absolute Gasteiger partial charge is 0.477 e. The first-order valence-electron chi connectivity index (χ1n) is 10.4. The number of oxime groups is 1. The molecule has 2 aromatic rings. The molecule has 0 amide bonds. The number of amidine groups is 1. The molecule has 3 heterocycles. The maximum atomic E-state index is 12.2. The lowest BCUT2D eigenvalue weighted by atomic mass is 9.83. The molecule has 10 heteroatoms. The van der Waals surface area contributed by atoms with Gasteiger partial charge in [-0.3, -0.25) is 18.1 Å². The molecule has 168 valence electrons. The van der Waals surface area contributed by atoms with Crippen molar-refractivity contribution in [2.24, 2.45) is 11.1 Å². The van der Waals surface area contributed by atoms with E-state index < -0.39 is 22.6 Å². The number of aromatic carboxylic acids is 1. The highest BCUT2D eigenvalue weighted by Gasteiger charge is 2.61. The summed E-state index contributed by atoms with van der Waals surface area (Å²) < 4.78 is 34.5. The van der Waals surface area contributed by atoms with Crippen LogP contribution in [0.25, 0.3) is 10.9 Å². The Kier molecular flexibility index (Phi) is 4.40. The van der Waals surface area contributed by atoms with Gasteiger partial charge in [-0.05, 0) is 73.9 Å². The molecule has 5 rings (SSSR count). The van der Waals surface area contributed by atoms with Gasteiger partial charge < -0.3 is 14.4 Å². The second kappa shape index (κ2) is 6.61. The van der Waals surface area contributed by atoms with Crippen molar-refractivity contribution in [3.8, 4) is 0 Å². The third-order valence-corrected chi connectivity index (χ3v) is 7.50. The summed E-state index contributed by atoms with van der Waals surface area (Å²) in [7, 11) is 0. The second-order valence-corrected chi connectivity index (χ2v) is 10.8. The molecule has 0 bridgehead atoms. The lowest BCUT2D eigenvalue weighted by molar-refractivity contribution is -0.0592. The minimum Gasteiger partial charge on any atom is -0.477 e. The summed E-state index contributed by atoms with van der Waals surface area (Å²) >= 11 is -3.50. The fraction of sp³-hybridized carbons (Fsp3) is 0.524. The van der Waals surface area contributed by atoms with Gasteiger partial charge in [-0.1, -0.05) is 13.0 Å². The summed E-state index contributed by atoms with van der Waals surface area (Å²) in [6.45, 7) is 6.87. The van der Waals surface area contributed by atoms with E-state index in [1.54, 1.807) is 10.6 Å². The molecule has 3 atom stereocenters. The molecule has 4 N–H and O–H groups in total. The molecule has 1 aliphatic carbocycles. The summed E-state index contributed by atoms with van der Waals surface area (Å²) in [5.74, 6) is -0.411. The van der Waals surface area contributed by atoms with Gasteiger partial charge in [0.2, 0.25) is 0 Å². The molecule has 1 aromatic carbocycles. The third kappa shape index (κ3) is 3.29. The molecule has 0 radical (unpaired) electrons. The SMILES string of the molecule is C[C@H]1C[C@]1(C1=NOS(O)(O)N1)n1c(C(=O)O)cc2cc([C@H]3CCOC(C)(C)C3)ccc21. The van der Waals surface area contributed by atoms with Gasteiger partial charge in [0, 0.05) is 17.5 Å². The fourth-order valence-corrected chi connectivity index (χ4v) is 5.85. The van der Waals surface area contributed by atoms with Gasteiger partial charge in [0.05, 0.1) is 5.60 Å². The number of carboxylic acid groups (broad SMARTS) is 1. The first-order chi connectivity index (χ1) is 14.5. The number of benzene rings is 1. The number of hydrogen-bond acceptors (Lipinski definition) is 7. The predicted octanol–water partition coefficient (Wildman–Crippen LogP) is 4.26. The van der Waals surface area contributed by atoms with Crippen molar-refractivity contribution < 1.29 is 28.0 Å². The van der Waals surface area contributed by atoms with Gasteiger partial charge in [-0.15, -0.1) is 0 Å². The molecule has 1 saturated carbocycles. The second-order valence-electron chi connectivity index (χ2n) is 9.43. The molecular formula is C21H27N3O6S. The zero-order valence-corrected chi connectivity index (χ0v) is 18.5. The Morgan fingerprint density at radius 2 is 2.03 bits per heavy atom. The highest BCUT2D eigenvalue weighted by Crippen LogP contribution is 2.56. The van der Waals surface area contributed by atoms with Crippen LogP contribution in [0.5, 0.6) is 0 Å². The van der Waals surface area contributed by atoms with Crippen molar-refractivity contribution in [3.05, 3.63) is 35.5 Å². The Bertz CT molecular complexity index is 1110. The van der Waals surface area contributed by atoms with Crippen molar-refractivity contribution in [3.63, 3.8) is 0 Å². The van der Waals surface area contributed by atoms with E-state index in [0.717, 1.165) is 23.7 Å². The Morgan fingerprint density at radius 1 is 1.29 bits per heavy atom. The van der Waals surface area contributed by atoms with Crippen molar-refractivity contribution in [2.45, 2.75) is 57.1 Å². The van der Waals surface area contributed by atoms with Crippen molar-refractivity contribution in [2.75, 3.05) is 6.61 Å². The van der Waals surface area contributed by atoms with Crippen LogP contribution in [0.4, 0.5) is 0 Å². The van der Waals surface area contributed by atoms with E-state index in [4.69, 9.17) is 9.02 Å². The number of fused-ring (bicyclic) bond motifs is 1. The molecule has 2 aliphatic heterocycles. The lowest BCUT2D eigenvalue weighted by Gasteiger charge is -2.35. The highest BCUT2D eigenvalue weighted by atomic mass is 32.3. The van der Waals surface area contributed by atoms with E-state index in [2.05, 4.69) is 35.9 Å². The van der Waals surface area contributed by atoms with E-state index in [0.29, 0.717) is 18.9 Å². The van der Waals surface area contributed by atoms with Crippen LogP contribution in [0.2, 0.25) is 0 Å². The van der Waals surface area contributed by atoms with Crippen LogP contribution >= 0.6 is 11.1 Å². The van der Waals surface area contributed by atoms with E-state index in [9.17, 15) is 19.0 Å². The maximum Gasteiger partial charge on any atom is 0.352 e. The monoisotopic (exact) mass is 449 g/mol. The van der Waals surface area contributed by atoms with Crippen molar-refractivity contribution >= 4 is 33.8 Å². The van der Waals surface area contributed by atoms with E-state index in [-0.39, 0.29) is 23.0 Å².